The summed E-state index contributed by atoms with van der Waals surface area (Å²) >= 11 is 2.13. The van der Waals surface area contributed by atoms with Crippen LogP contribution in [0.1, 0.15) is 16.2 Å². The van der Waals surface area contributed by atoms with E-state index in [4.69, 9.17) is 5.26 Å². The number of pyridine rings is 1. The monoisotopic (exact) mass is 287 g/mol. The molecule has 13 heavy (non-hydrogen) atoms. The highest BCUT2D eigenvalue weighted by Gasteiger charge is 2.06. The minimum Gasteiger partial charge on any atom is -0.266 e. The Bertz CT molecular complexity index is 383. The summed E-state index contributed by atoms with van der Waals surface area (Å²) in [6.07, 6.45) is 1.56. The van der Waals surface area contributed by atoms with Gasteiger partial charge in [-0.15, -0.1) is 0 Å². The summed E-state index contributed by atoms with van der Waals surface area (Å²) in [4.78, 5) is 15.1. The lowest BCUT2D eigenvalue weighted by atomic mass is 10.3. The molecule has 66 valence electrons. The van der Waals surface area contributed by atoms with Crippen molar-refractivity contribution < 1.29 is 4.79 Å². The van der Waals surface area contributed by atoms with Crippen molar-refractivity contribution in [2.45, 2.75) is 6.92 Å². The van der Waals surface area contributed by atoms with E-state index in [-0.39, 0.29) is 5.69 Å². The van der Waals surface area contributed by atoms with Crippen molar-refractivity contribution in [1.29, 1.82) is 5.26 Å². The Morgan fingerprint density at radius 3 is 2.92 bits per heavy atom. The number of halogens is 1. The fourth-order valence-electron chi connectivity index (χ4n) is 0.785. The lowest BCUT2D eigenvalue weighted by Gasteiger charge is -2.00. The third-order valence-electron chi connectivity index (χ3n) is 1.42. The number of carbonyl (C=O) groups excluding carboxylic acids is 1. The van der Waals surface area contributed by atoms with Crippen molar-refractivity contribution in [3.8, 4) is 6.19 Å². The van der Waals surface area contributed by atoms with E-state index in [1.54, 1.807) is 18.3 Å². The van der Waals surface area contributed by atoms with Gasteiger partial charge < -0.3 is 0 Å². The van der Waals surface area contributed by atoms with Crippen LogP contribution >= 0.6 is 22.6 Å². The maximum Gasteiger partial charge on any atom is 0.282 e. The van der Waals surface area contributed by atoms with Gasteiger partial charge in [-0.05, 0) is 41.6 Å². The predicted octanol–water partition coefficient (Wildman–Crippen LogP) is 1.21. The van der Waals surface area contributed by atoms with Crippen LogP contribution in [0.4, 0.5) is 0 Å². The van der Waals surface area contributed by atoms with Crippen LogP contribution in [-0.4, -0.2) is 10.9 Å². The topological polar surface area (TPSA) is 65.8 Å². The number of nitrogens with zero attached hydrogens (tertiary/aromatic N) is 2. The number of hydrogen-bond donors (Lipinski definition) is 1. The van der Waals surface area contributed by atoms with Gasteiger partial charge >= 0.3 is 0 Å². The highest BCUT2D eigenvalue weighted by Crippen LogP contribution is 2.09. The van der Waals surface area contributed by atoms with Gasteiger partial charge in [-0.3, -0.25) is 10.1 Å². The van der Waals surface area contributed by atoms with E-state index in [1.807, 2.05) is 12.2 Å². The lowest BCUT2D eigenvalue weighted by Crippen LogP contribution is -2.19. The molecule has 1 rings (SSSR count). The Morgan fingerprint density at radius 2 is 2.38 bits per heavy atom. The van der Waals surface area contributed by atoms with Crippen molar-refractivity contribution in [2.75, 3.05) is 0 Å². The number of hydrogen-bond acceptors (Lipinski definition) is 3. The van der Waals surface area contributed by atoms with Gasteiger partial charge in [0.15, 0.2) is 6.19 Å². The summed E-state index contributed by atoms with van der Waals surface area (Å²) in [5, 5.41) is 10.2. The van der Waals surface area contributed by atoms with Gasteiger partial charge in [0.05, 0.1) is 5.69 Å². The number of aromatic nitrogens is 1. The SMILES string of the molecule is Cc1nc(C(=O)NC#N)ccc1I. The third kappa shape index (κ3) is 2.39. The zero-order chi connectivity index (χ0) is 9.84. The van der Waals surface area contributed by atoms with E-state index in [0.717, 1.165) is 9.26 Å². The molecule has 5 heteroatoms. The molecular weight excluding hydrogens is 281 g/mol. The molecule has 1 heterocycles. The van der Waals surface area contributed by atoms with E-state index in [9.17, 15) is 4.79 Å². The molecule has 0 unspecified atom stereocenters. The van der Waals surface area contributed by atoms with Gasteiger partial charge in [-0.1, -0.05) is 0 Å². The zero-order valence-electron chi connectivity index (χ0n) is 6.84. The van der Waals surface area contributed by atoms with Crippen molar-refractivity contribution in [1.82, 2.24) is 10.3 Å². The Kier molecular flexibility index (Phi) is 3.19. The standard InChI is InChI=1S/C8H6IN3O/c1-5-6(9)2-3-7(12-5)8(13)11-4-10/h2-3H,1H3,(H,11,13). The third-order valence-corrected chi connectivity index (χ3v) is 2.56. The molecule has 4 nitrogen and oxygen atoms in total. The molecule has 0 radical (unpaired) electrons. The van der Waals surface area contributed by atoms with Crippen LogP contribution in [-0.2, 0) is 0 Å². The van der Waals surface area contributed by atoms with E-state index in [2.05, 4.69) is 27.6 Å². The molecule has 0 aliphatic rings. The number of rotatable bonds is 1. The Hall–Kier alpha value is -1.16. The van der Waals surface area contributed by atoms with Crippen LogP contribution in [0.2, 0.25) is 0 Å². The lowest BCUT2D eigenvalue weighted by molar-refractivity contribution is 0.0968. The Labute approximate surface area is 89.1 Å². The summed E-state index contributed by atoms with van der Waals surface area (Å²) < 4.78 is 0.992. The molecular formula is C8H6IN3O. The molecule has 1 aromatic heterocycles. The van der Waals surface area contributed by atoms with Crippen molar-refractivity contribution >= 4 is 28.5 Å². The Balaban J connectivity index is 2.98. The molecule has 0 aliphatic heterocycles. The second kappa shape index (κ2) is 4.18. The van der Waals surface area contributed by atoms with E-state index in [0.29, 0.717) is 0 Å². The van der Waals surface area contributed by atoms with E-state index >= 15 is 0 Å². The van der Waals surface area contributed by atoms with Gasteiger partial charge in [0.1, 0.15) is 5.69 Å². The van der Waals surface area contributed by atoms with Gasteiger partial charge in [-0.25, -0.2) is 4.98 Å². The second-order valence-corrected chi connectivity index (χ2v) is 3.49. The van der Waals surface area contributed by atoms with Crippen molar-refractivity contribution in [2.24, 2.45) is 0 Å². The minimum atomic E-state index is -0.470. The quantitative estimate of drug-likeness (QED) is 0.479. The Morgan fingerprint density at radius 1 is 1.69 bits per heavy atom. The average molecular weight is 287 g/mol. The highest BCUT2D eigenvalue weighted by atomic mass is 127. The van der Waals surface area contributed by atoms with Crippen molar-refractivity contribution in [3.05, 3.63) is 27.1 Å². The van der Waals surface area contributed by atoms with Crippen LogP contribution in [0.15, 0.2) is 12.1 Å². The van der Waals surface area contributed by atoms with Gasteiger partial charge in [-0.2, -0.15) is 5.26 Å². The second-order valence-electron chi connectivity index (χ2n) is 2.33. The predicted molar refractivity (Wildman–Crippen MR) is 54.8 cm³/mol. The first kappa shape index (κ1) is 9.92. The first-order chi connectivity index (χ1) is 6.15. The maximum absolute atomic E-state index is 11.1. The highest BCUT2D eigenvalue weighted by molar-refractivity contribution is 14.1. The van der Waals surface area contributed by atoms with Crippen LogP contribution in [0.3, 0.4) is 0 Å². The summed E-state index contributed by atoms with van der Waals surface area (Å²) in [6, 6.07) is 3.37. The summed E-state index contributed by atoms with van der Waals surface area (Å²) in [7, 11) is 0. The molecule has 1 amide bonds. The fourth-order valence-corrected chi connectivity index (χ4v) is 1.09. The summed E-state index contributed by atoms with van der Waals surface area (Å²) in [5.74, 6) is -0.470. The number of carbonyl (C=O) groups is 1. The van der Waals surface area contributed by atoms with Crippen LogP contribution in [0, 0.1) is 21.9 Å². The molecule has 0 aromatic carbocycles. The van der Waals surface area contributed by atoms with Gasteiger partial charge in [0.2, 0.25) is 0 Å². The van der Waals surface area contributed by atoms with Crippen LogP contribution < -0.4 is 5.32 Å². The maximum atomic E-state index is 11.1. The molecule has 1 N–H and O–H groups in total. The molecule has 0 saturated carbocycles. The molecule has 0 aliphatic carbocycles. The van der Waals surface area contributed by atoms with Crippen LogP contribution in [0.5, 0.6) is 0 Å². The average Bonchev–Trinajstić information content (AvgIpc) is 2.10. The normalized spacial score (nSPS) is 9.00. The molecule has 0 bridgehead atoms. The first-order valence-corrected chi connectivity index (χ1v) is 4.55. The fraction of sp³-hybridized carbons (Fsp3) is 0.125. The van der Waals surface area contributed by atoms with Crippen molar-refractivity contribution in [3.63, 3.8) is 0 Å². The minimum absolute atomic E-state index is 0.263. The molecule has 0 fully saturated rings. The smallest absolute Gasteiger partial charge is 0.266 e. The van der Waals surface area contributed by atoms with E-state index in [1.165, 1.54) is 0 Å². The number of aryl methyl sites for hydroxylation is 1. The molecule has 0 spiro atoms. The molecule has 1 aromatic rings. The number of nitrogens with one attached hydrogen (secondary N) is 1. The number of amides is 1. The van der Waals surface area contributed by atoms with Gasteiger partial charge in [0, 0.05) is 3.57 Å². The first-order valence-electron chi connectivity index (χ1n) is 3.47. The summed E-state index contributed by atoms with van der Waals surface area (Å²) in [6.45, 7) is 1.81. The van der Waals surface area contributed by atoms with E-state index < -0.39 is 5.91 Å². The largest absolute Gasteiger partial charge is 0.282 e. The summed E-state index contributed by atoms with van der Waals surface area (Å²) in [5.41, 5.74) is 1.05. The van der Waals surface area contributed by atoms with Gasteiger partial charge in [0.25, 0.3) is 5.91 Å². The zero-order valence-corrected chi connectivity index (χ0v) is 8.99. The molecule has 0 atom stereocenters. The van der Waals surface area contributed by atoms with Crippen LogP contribution in [0.25, 0.3) is 0 Å². The molecule has 0 saturated heterocycles. The number of nitriles is 1.